The monoisotopic (exact) mass is 281 g/mol. The van der Waals surface area contributed by atoms with E-state index in [2.05, 4.69) is 20.8 Å². The van der Waals surface area contributed by atoms with Crippen molar-refractivity contribution in [2.45, 2.75) is 46.0 Å². The van der Waals surface area contributed by atoms with Gasteiger partial charge in [0.1, 0.15) is 11.6 Å². The lowest BCUT2D eigenvalue weighted by atomic mass is 9.64. The molecule has 0 spiro atoms. The molecule has 0 radical (unpaired) electrons. The maximum Gasteiger partial charge on any atom is 0.129 e. The summed E-state index contributed by atoms with van der Waals surface area (Å²) in [7, 11) is 0. The number of benzene rings is 1. The second-order valence-corrected chi connectivity index (χ2v) is 7.14. The molecule has 0 saturated heterocycles. The van der Waals surface area contributed by atoms with Crippen molar-refractivity contribution in [3.63, 3.8) is 0 Å². The second kappa shape index (κ2) is 5.80. The summed E-state index contributed by atoms with van der Waals surface area (Å²) in [6.07, 6.45) is 3.11. The summed E-state index contributed by atoms with van der Waals surface area (Å²) in [4.78, 5) is 0. The smallest absolute Gasteiger partial charge is 0.129 e. The number of hydrogen-bond acceptors (Lipinski definition) is 1. The maximum absolute atomic E-state index is 14.1. The van der Waals surface area contributed by atoms with Gasteiger partial charge in [-0.05, 0) is 60.6 Å². The fraction of sp³-hybridized carbons (Fsp3) is 0.647. The van der Waals surface area contributed by atoms with Crippen molar-refractivity contribution in [3.8, 4) is 0 Å². The van der Waals surface area contributed by atoms with Gasteiger partial charge < -0.3 is 5.73 Å². The summed E-state index contributed by atoms with van der Waals surface area (Å²) >= 11 is 0. The van der Waals surface area contributed by atoms with Crippen LogP contribution in [0.3, 0.4) is 0 Å². The molecule has 3 unspecified atom stereocenters. The van der Waals surface area contributed by atoms with Crippen molar-refractivity contribution in [2.24, 2.45) is 23.0 Å². The SMILES string of the molecule is CC(C)(C)C1CCC(CN)C(c2ccc(F)cc2F)C1. The first-order chi connectivity index (χ1) is 9.32. The highest BCUT2D eigenvalue weighted by molar-refractivity contribution is 5.24. The zero-order chi connectivity index (χ0) is 14.9. The van der Waals surface area contributed by atoms with E-state index in [4.69, 9.17) is 5.73 Å². The molecule has 112 valence electrons. The van der Waals surface area contributed by atoms with Crippen molar-refractivity contribution in [3.05, 3.63) is 35.4 Å². The number of halogens is 2. The van der Waals surface area contributed by atoms with Crippen molar-refractivity contribution < 1.29 is 8.78 Å². The van der Waals surface area contributed by atoms with E-state index >= 15 is 0 Å². The van der Waals surface area contributed by atoms with Gasteiger partial charge in [-0.1, -0.05) is 26.8 Å². The Hall–Kier alpha value is -0.960. The molecule has 3 atom stereocenters. The Morgan fingerprint density at radius 1 is 1.20 bits per heavy atom. The third-order valence-corrected chi connectivity index (χ3v) is 4.88. The lowest BCUT2D eigenvalue weighted by Gasteiger charge is -2.42. The summed E-state index contributed by atoms with van der Waals surface area (Å²) < 4.78 is 27.2. The van der Waals surface area contributed by atoms with Gasteiger partial charge in [-0.3, -0.25) is 0 Å². The Morgan fingerprint density at radius 3 is 2.45 bits per heavy atom. The van der Waals surface area contributed by atoms with E-state index < -0.39 is 11.6 Å². The zero-order valence-electron chi connectivity index (χ0n) is 12.6. The van der Waals surface area contributed by atoms with E-state index in [1.807, 2.05) is 0 Å². The van der Waals surface area contributed by atoms with Crippen LogP contribution in [0.25, 0.3) is 0 Å². The first-order valence-corrected chi connectivity index (χ1v) is 7.48. The third kappa shape index (κ3) is 3.20. The average Bonchev–Trinajstić information content (AvgIpc) is 2.37. The Morgan fingerprint density at radius 2 is 1.90 bits per heavy atom. The molecular weight excluding hydrogens is 256 g/mol. The quantitative estimate of drug-likeness (QED) is 0.850. The van der Waals surface area contributed by atoms with Crippen molar-refractivity contribution >= 4 is 0 Å². The Labute approximate surface area is 120 Å². The predicted molar refractivity (Wildman–Crippen MR) is 78.4 cm³/mol. The minimum absolute atomic E-state index is 0.110. The van der Waals surface area contributed by atoms with E-state index in [0.717, 1.165) is 25.3 Å². The summed E-state index contributed by atoms with van der Waals surface area (Å²) in [5, 5.41) is 0. The Bertz CT molecular complexity index is 465. The number of nitrogens with two attached hydrogens (primary N) is 1. The van der Waals surface area contributed by atoms with Crippen LogP contribution in [-0.4, -0.2) is 6.54 Å². The van der Waals surface area contributed by atoms with Crippen LogP contribution in [-0.2, 0) is 0 Å². The third-order valence-electron chi connectivity index (χ3n) is 4.88. The first kappa shape index (κ1) is 15.4. The maximum atomic E-state index is 14.1. The molecule has 0 bridgehead atoms. The normalized spacial score (nSPS) is 27.6. The van der Waals surface area contributed by atoms with Crippen molar-refractivity contribution in [2.75, 3.05) is 6.54 Å². The molecule has 3 heteroatoms. The summed E-state index contributed by atoms with van der Waals surface area (Å²) in [6.45, 7) is 7.27. The molecule has 1 aromatic rings. The highest BCUT2D eigenvalue weighted by Crippen LogP contribution is 2.47. The van der Waals surface area contributed by atoms with Gasteiger partial charge in [0, 0.05) is 6.07 Å². The molecule has 1 aliphatic carbocycles. The largest absolute Gasteiger partial charge is 0.330 e. The Balaban J connectivity index is 2.29. The van der Waals surface area contributed by atoms with Gasteiger partial charge in [0.25, 0.3) is 0 Å². The summed E-state index contributed by atoms with van der Waals surface area (Å²) in [5.74, 6) is 0.0219. The highest BCUT2D eigenvalue weighted by atomic mass is 19.1. The van der Waals surface area contributed by atoms with Gasteiger partial charge in [0.05, 0.1) is 0 Å². The van der Waals surface area contributed by atoms with E-state index in [-0.39, 0.29) is 11.3 Å². The molecule has 2 N–H and O–H groups in total. The lowest BCUT2D eigenvalue weighted by molar-refractivity contribution is 0.131. The average molecular weight is 281 g/mol. The molecule has 0 heterocycles. The molecule has 0 aliphatic heterocycles. The zero-order valence-corrected chi connectivity index (χ0v) is 12.6. The van der Waals surface area contributed by atoms with Gasteiger partial charge in [-0.25, -0.2) is 8.78 Å². The minimum atomic E-state index is -0.515. The topological polar surface area (TPSA) is 26.0 Å². The van der Waals surface area contributed by atoms with E-state index in [0.29, 0.717) is 23.9 Å². The van der Waals surface area contributed by atoms with Crippen LogP contribution in [0.4, 0.5) is 8.78 Å². The molecule has 2 rings (SSSR count). The fourth-order valence-electron chi connectivity index (χ4n) is 3.49. The van der Waals surface area contributed by atoms with Crippen LogP contribution >= 0.6 is 0 Å². The molecule has 20 heavy (non-hydrogen) atoms. The summed E-state index contributed by atoms with van der Waals surface area (Å²) in [6, 6.07) is 3.94. The molecule has 1 nitrogen and oxygen atoms in total. The Kier molecular flexibility index (Phi) is 4.48. The van der Waals surface area contributed by atoms with Gasteiger partial charge in [-0.2, -0.15) is 0 Å². The number of hydrogen-bond donors (Lipinski definition) is 1. The second-order valence-electron chi connectivity index (χ2n) is 7.14. The number of rotatable bonds is 2. The van der Waals surface area contributed by atoms with Crippen LogP contribution in [0, 0.1) is 28.9 Å². The van der Waals surface area contributed by atoms with Crippen LogP contribution in [0.1, 0.15) is 51.5 Å². The van der Waals surface area contributed by atoms with Crippen LogP contribution in [0.5, 0.6) is 0 Å². The van der Waals surface area contributed by atoms with E-state index in [9.17, 15) is 8.78 Å². The van der Waals surface area contributed by atoms with Crippen LogP contribution in [0.15, 0.2) is 18.2 Å². The molecule has 1 aliphatic rings. The van der Waals surface area contributed by atoms with Gasteiger partial charge in [-0.15, -0.1) is 0 Å². The van der Waals surface area contributed by atoms with E-state index in [1.54, 1.807) is 6.07 Å². The highest BCUT2D eigenvalue weighted by Gasteiger charge is 2.36. The molecule has 0 aromatic heterocycles. The molecular formula is C17H25F2N. The first-order valence-electron chi connectivity index (χ1n) is 7.48. The van der Waals surface area contributed by atoms with Crippen LogP contribution < -0.4 is 5.73 Å². The standard InChI is InChI=1S/C17H25F2N/c1-17(2,3)12-5-4-11(10-20)15(8-12)14-7-6-13(18)9-16(14)19/h6-7,9,11-12,15H,4-5,8,10,20H2,1-3H3. The molecule has 0 amide bonds. The van der Waals surface area contributed by atoms with Crippen molar-refractivity contribution in [1.82, 2.24) is 0 Å². The lowest BCUT2D eigenvalue weighted by Crippen LogP contribution is -2.34. The molecule has 1 aromatic carbocycles. The minimum Gasteiger partial charge on any atom is -0.330 e. The van der Waals surface area contributed by atoms with Crippen molar-refractivity contribution in [1.29, 1.82) is 0 Å². The molecule has 1 fully saturated rings. The fourth-order valence-corrected chi connectivity index (χ4v) is 3.49. The van der Waals surface area contributed by atoms with Gasteiger partial charge >= 0.3 is 0 Å². The van der Waals surface area contributed by atoms with Crippen LogP contribution in [0.2, 0.25) is 0 Å². The van der Waals surface area contributed by atoms with Gasteiger partial charge in [0.15, 0.2) is 0 Å². The van der Waals surface area contributed by atoms with Gasteiger partial charge in [0.2, 0.25) is 0 Å². The summed E-state index contributed by atoms with van der Waals surface area (Å²) in [5.41, 5.74) is 6.72. The predicted octanol–water partition coefficient (Wildman–Crippen LogP) is 4.47. The molecule has 1 saturated carbocycles. The van der Waals surface area contributed by atoms with E-state index in [1.165, 1.54) is 6.07 Å².